The highest BCUT2D eigenvalue weighted by Crippen LogP contribution is 2.30. The molecule has 1 amide bonds. The maximum atomic E-state index is 11.8. The molecule has 0 aliphatic rings. The van der Waals surface area contributed by atoms with Crippen LogP contribution in [0.2, 0.25) is 0 Å². The highest BCUT2D eigenvalue weighted by Gasteiger charge is 2.14. The van der Waals surface area contributed by atoms with Crippen molar-refractivity contribution in [1.29, 1.82) is 0 Å². The molecule has 0 aliphatic carbocycles. The molecule has 20 heavy (non-hydrogen) atoms. The number of amides is 1. The summed E-state index contributed by atoms with van der Waals surface area (Å²) >= 11 is 0. The van der Waals surface area contributed by atoms with Crippen LogP contribution in [-0.2, 0) is 11.3 Å². The number of carbonyl (C=O) groups is 1. The monoisotopic (exact) mass is 280 g/mol. The molecule has 0 spiro atoms. The average Bonchev–Trinajstić information content (AvgIpc) is 2.44. The molecule has 3 N–H and O–H groups in total. The van der Waals surface area contributed by atoms with E-state index >= 15 is 0 Å². The Labute approximate surface area is 120 Å². The molecule has 0 fully saturated rings. The van der Waals surface area contributed by atoms with Crippen LogP contribution in [0.5, 0.6) is 11.5 Å². The molecule has 0 radical (unpaired) electrons. The van der Waals surface area contributed by atoms with Gasteiger partial charge in [-0.3, -0.25) is 4.79 Å². The van der Waals surface area contributed by atoms with Crippen LogP contribution in [0, 0.1) is 5.92 Å². The van der Waals surface area contributed by atoms with Gasteiger partial charge in [-0.15, -0.1) is 0 Å². The number of hydrogen-bond acceptors (Lipinski definition) is 4. The maximum absolute atomic E-state index is 11.8. The summed E-state index contributed by atoms with van der Waals surface area (Å²) in [6, 6.07) is 5.59. The largest absolute Gasteiger partial charge is 0.493 e. The third-order valence-corrected chi connectivity index (χ3v) is 3.24. The third kappa shape index (κ3) is 4.42. The van der Waals surface area contributed by atoms with Gasteiger partial charge in [0.1, 0.15) is 0 Å². The number of rotatable bonds is 7. The number of nitrogens with one attached hydrogen (secondary N) is 1. The van der Waals surface area contributed by atoms with Gasteiger partial charge in [-0.1, -0.05) is 26.0 Å². The maximum Gasteiger partial charge on any atom is 0.258 e. The summed E-state index contributed by atoms with van der Waals surface area (Å²) < 4.78 is 10.8. The molecule has 1 unspecified atom stereocenters. The van der Waals surface area contributed by atoms with E-state index in [0.717, 1.165) is 5.56 Å². The third-order valence-electron chi connectivity index (χ3n) is 3.24. The van der Waals surface area contributed by atoms with Crippen molar-refractivity contribution in [1.82, 2.24) is 5.32 Å². The van der Waals surface area contributed by atoms with Crippen molar-refractivity contribution in [2.45, 2.75) is 33.4 Å². The van der Waals surface area contributed by atoms with Gasteiger partial charge in [-0.05, 0) is 18.9 Å². The average molecular weight is 280 g/mol. The van der Waals surface area contributed by atoms with E-state index in [9.17, 15) is 4.79 Å². The molecule has 1 aromatic rings. The molecular formula is C15H24N2O3. The predicted octanol–water partition coefficient (Wildman–Crippen LogP) is 1.69. The first-order valence-electron chi connectivity index (χ1n) is 6.77. The Bertz CT molecular complexity index is 424. The molecule has 0 heterocycles. The lowest BCUT2D eigenvalue weighted by Gasteiger charge is -2.18. The van der Waals surface area contributed by atoms with E-state index in [1.54, 1.807) is 13.2 Å². The highest BCUT2D eigenvalue weighted by molar-refractivity contribution is 5.78. The first kappa shape index (κ1) is 16.3. The highest BCUT2D eigenvalue weighted by atomic mass is 16.5. The van der Waals surface area contributed by atoms with Crippen LogP contribution in [-0.4, -0.2) is 25.7 Å². The minimum absolute atomic E-state index is 0.0512. The molecule has 112 valence electrons. The summed E-state index contributed by atoms with van der Waals surface area (Å²) in [6.07, 6.45) is 0. The first-order chi connectivity index (χ1) is 9.49. The SMILES string of the molecule is COc1cccc(CN)c1OCC(=O)NC(C)C(C)C. The van der Waals surface area contributed by atoms with Crippen molar-refractivity contribution in [2.75, 3.05) is 13.7 Å². The quantitative estimate of drug-likeness (QED) is 0.797. The van der Waals surface area contributed by atoms with Crippen LogP contribution in [0.1, 0.15) is 26.3 Å². The van der Waals surface area contributed by atoms with Gasteiger partial charge in [0, 0.05) is 18.2 Å². The second kappa shape index (κ2) is 7.75. The standard InChI is InChI=1S/C15H24N2O3/c1-10(2)11(3)17-14(18)9-20-15-12(8-16)6-5-7-13(15)19-4/h5-7,10-11H,8-9,16H2,1-4H3,(H,17,18). The van der Waals surface area contributed by atoms with E-state index in [1.165, 1.54) is 0 Å². The molecule has 0 aliphatic heterocycles. The number of carbonyl (C=O) groups excluding carboxylic acids is 1. The minimum Gasteiger partial charge on any atom is -0.493 e. The first-order valence-corrected chi connectivity index (χ1v) is 6.77. The van der Waals surface area contributed by atoms with Crippen molar-refractivity contribution < 1.29 is 14.3 Å². The molecule has 5 heteroatoms. The summed E-state index contributed by atoms with van der Waals surface area (Å²) in [5, 5.41) is 2.89. The molecule has 1 aromatic carbocycles. The van der Waals surface area contributed by atoms with Crippen molar-refractivity contribution in [3.63, 3.8) is 0 Å². The summed E-state index contributed by atoms with van der Waals surface area (Å²) in [6.45, 7) is 6.36. The Morgan fingerprint density at radius 1 is 1.35 bits per heavy atom. The summed E-state index contributed by atoms with van der Waals surface area (Å²) in [4.78, 5) is 11.8. The van der Waals surface area contributed by atoms with E-state index in [1.807, 2.05) is 19.1 Å². The van der Waals surface area contributed by atoms with Gasteiger partial charge in [0.25, 0.3) is 5.91 Å². The van der Waals surface area contributed by atoms with Gasteiger partial charge >= 0.3 is 0 Å². The number of para-hydroxylation sites is 1. The summed E-state index contributed by atoms with van der Waals surface area (Å²) in [7, 11) is 1.56. The molecule has 0 bridgehead atoms. The Morgan fingerprint density at radius 3 is 2.60 bits per heavy atom. The Kier molecular flexibility index (Phi) is 6.31. The van der Waals surface area contributed by atoms with Crippen molar-refractivity contribution >= 4 is 5.91 Å². The zero-order valence-corrected chi connectivity index (χ0v) is 12.6. The van der Waals surface area contributed by atoms with Crippen LogP contribution < -0.4 is 20.5 Å². The van der Waals surface area contributed by atoms with Crippen LogP contribution in [0.15, 0.2) is 18.2 Å². The van der Waals surface area contributed by atoms with Gasteiger partial charge in [0.15, 0.2) is 18.1 Å². The molecule has 0 aromatic heterocycles. The smallest absolute Gasteiger partial charge is 0.258 e. The Morgan fingerprint density at radius 2 is 2.05 bits per heavy atom. The summed E-state index contributed by atoms with van der Waals surface area (Å²) in [5.41, 5.74) is 6.48. The minimum atomic E-state index is -0.153. The molecule has 0 saturated carbocycles. The van der Waals surface area contributed by atoms with Crippen molar-refractivity contribution in [3.8, 4) is 11.5 Å². The van der Waals surface area contributed by atoms with E-state index in [-0.39, 0.29) is 18.6 Å². The molecule has 5 nitrogen and oxygen atoms in total. The number of ether oxygens (including phenoxy) is 2. The topological polar surface area (TPSA) is 73.6 Å². The Hall–Kier alpha value is -1.75. The Balaban J connectivity index is 2.67. The summed E-state index contributed by atoms with van der Waals surface area (Å²) in [5.74, 6) is 1.34. The van der Waals surface area contributed by atoms with Crippen LogP contribution in [0.3, 0.4) is 0 Å². The fourth-order valence-electron chi connectivity index (χ4n) is 1.65. The second-order valence-corrected chi connectivity index (χ2v) is 5.04. The molecular weight excluding hydrogens is 256 g/mol. The normalized spacial score (nSPS) is 12.1. The van der Waals surface area contributed by atoms with E-state index in [0.29, 0.717) is 24.0 Å². The molecule has 0 saturated heterocycles. The lowest BCUT2D eigenvalue weighted by molar-refractivity contribution is -0.124. The fraction of sp³-hybridized carbons (Fsp3) is 0.533. The van der Waals surface area contributed by atoms with Crippen LogP contribution in [0.4, 0.5) is 0 Å². The number of methoxy groups -OCH3 is 1. The zero-order chi connectivity index (χ0) is 15.1. The van der Waals surface area contributed by atoms with Gasteiger partial charge in [-0.25, -0.2) is 0 Å². The molecule has 1 rings (SSSR count). The molecule has 1 atom stereocenters. The van der Waals surface area contributed by atoms with Gasteiger partial charge in [-0.2, -0.15) is 0 Å². The van der Waals surface area contributed by atoms with E-state index in [2.05, 4.69) is 19.2 Å². The number of benzene rings is 1. The van der Waals surface area contributed by atoms with E-state index < -0.39 is 0 Å². The number of hydrogen-bond donors (Lipinski definition) is 2. The van der Waals surface area contributed by atoms with Crippen LogP contribution >= 0.6 is 0 Å². The number of nitrogens with two attached hydrogens (primary N) is 1. The predicted molar refractivity (Wildman–Crippen MR) is 78.8 cm³/mol. The zero-order valence-electron chi connectivity index (χ0n) is 12.6. The van der Waals surface area contributed by atoms with Crippen LogP contribution in [0.25, 0.3) is 0 Å². The van der Waals surface area contributed by atoms with Gasteiger partial charge in [0.2, 0.25) is 0 Å². The lowest BCUT2D eigenvalue weighted by atomic mass is 10.1. The fourth-order valence-corrected chi connectivity index (χ4v) is 1.65. The van der Waals surface area contributed by atoms with E-state index in [4.69, 9.17) is 15.2 Å². The van der Waals surface area contributed by atoms with Gasteiger partial charge in [0.05, 0.1) is 7.11 Å². The lowest BCUT2D eigenvalue weighted by Crippen LogP contribution is -2.39. The van der Waals surface area contributed by atoms with Gasteiger partial charge < -0.3 is 20.5 Å². The van der Waals surface area contributed by atoms with Crippen molar-refractivity contribution in [3.05, 3.63) is 23.8 Å². The van der Waals surface area contributed by atoms with Crippen molar-refractivity contribution in [2.24, 2.45) is 11.7 Å². The second-order valence-electron chi connectivity index (χ2n) is 5.04.